The molecule has 1 aliphatic carbocycles. The number of amides is 1. The molecule has 0 aromatic carbocycles. The molecule has 1 aliphatic rings. The summed E-state index contributed by atoms with van der Waals surface area (Å²) in [5.41, 5.74) is 0.770. The molecular weight excluding hydrogens is 306 g/mol. The van der Waals surface area contributed by atoms with E-state index in [4.69, 9.17) is 0 Å². The first-order valence-corrected chi connectivity index (χ1v) is 7.59. The molecule has 0 radical (unpaired) electrons. The van der Waals surface area contributed by atoms with Crippen molar-refractivity contribution in [3.63, 3.8) is 0 Å². The van der Waals surface area contributed by atoms with Gasteiger partial charge in [0, 0.05) is 22.8 Å². The van der Waals surface area contributed by atoms with E-state index in [1.807, 2.05) is 26.4 Å². The fourth-order valence-corrected chi connectivity index (χ4v) is 2.54. The summed E-state index contributed by atoms with van der Waals surface area (Å²) >= 11 is 3.46. The quantitative estimate of drug-likeness (QED) is 0.872. The second-order valence-electron chi connectivity index (χ2n) is 5.65. The number of rotatable bonds is 6. The number of nitrogens with zero attached hydrogens (tertiary/aromatic N) is 2. The third kappa shape index (κ3) is 4.08. The normalized spacial score (nSPS) is 16.7. The molecule has 1 heterocycles. The Kier molecular flexibility index (Phi) is 4.68. The summed E-state index contributed by atoms with van der Waals surface area (Å²) < 4.78 is 3.07. The summed E-state index contributed by atoms with van der Waals surface area (Å²) in [6, 6.07) is 2.62. The largest absolute Gasteiger partial charge is 0.348 e. The number of carbonyl (C=O) groups is 1. The highest BCUT2D eigenvalue weighted by Gasteiger charge is 2.28. The summed E-state index contributed by atoms with van der Waals surface area (Å²) in [7, 11) is 4.09. The van der Waals surface area contributed by atoms with Crippen LogP contribution in [0.2, 0.25) is 0 Å². The molecule has 0 bridgehead atoms. The maximum absolute atomic E-state index is 12.3. The zero-order valence-corrected chi connectivity index (χ0v) is 13.4. The Labute approximate surface area is 123 Å². The molecule has 1 atom stereocenters. The topological polar surface area (TPSA) is 37.3 Å². The zero-order valence-electron chi connectivity index (χ0n) is 11.8. The van der Waals surface area contributed by atoms with Crippen LogP contribution in [0.1, 0.15) is 42.7 Å². The van der Waals surface area contributed by atoms with Crippen molar-refractivity contribution in [2.75, 3.05) is 20.6 Å². The molecule has 106 valence electrons. The number of halogens is 1. The first kappa shape index (κ1) is 14.6. The van der Waals surface area contributed by atoms with Crippen LogP contribution in [0.3, 0.4) is 0 Å². The zero-order chi connectivity index (χ0) is 14.0. The average Bonchev–Trinajstić information content (AvgIpc) is 3.09. The van der Waals surface area contributed by atoms with Gasteiger partial charge in [-0.1, -0.05) is 0 Å². The first-order chi connectivity index (χ1) is 8.97. The van der Waals surface area contributed by atoms with Crippen molar-refractivity contribution in [3.05, 3.63) is 22.4 Å². The van der Waals surface area contributed by atoms with Crippen molar-refractivity contribution < 1.29 is 4.79 Å². The molecule has 1 amide bonds. The van der Waals surface area contributed by atoms with Crippen molar-refractivity contribution >= 4 is 21.8 Å². The van der Waals surface area contributed by atoms with Gasteiger partial charge in [-0.25, -0.2) is 0 Å². The van der Waals surface area contributed by atoms with Gasteiger partial charge in [0.15, 0.2) is 0 Å². The summed E-state index contributed by atoms with van der Waals surface area (Å²) in [6.07, 6.45) is 5.33. The summed E-state index contributed by atoms with van der Waals surface area (Å²) in [5, 5.41) is 3.08. The van der Waals surface area contributed by atoms with Gasteiger partial charge in [0.25, 0.3) is 5.91 Å². The summed E-state index contributed by atoms with van der Waals surface area (Å²) in [4.78, 5) is 14.4. The lowest BCUT2D eigenvalue weighted by molar-refractivity contribution is 0.0927. The van der Waals surface area contributed by atoms with E-state index >= 15 is 0 Å². The van der Waals surface area contributed by atoms with Crippen LogP contribution in [0.4, 0.5) is 0 Å². The number of nitrogens with one attached hydrogen (secondary N) is 1. The minimum absolute atomic E-state index is 0.0313. The number of aromatic nitrogens is 1. The molecule has 1 aromatic rings. The standard InChI is InChI=1S/C14H22BrN3O/c1-10(6-7-17(2)3)16-14(19)13-8-11(15)9-18(13)12-4-5-12/h8-10,12H,4-7H2,1-3H3,(H,16,19). The summed E-state index contributed by atoms with van der Waals surface area (Å²) in [5.74, 6) is 0.0313. The smallest absolute Gasteiger partial charge is 0.268 e. The predicted molar refractivity (Wildman–Crippen MR) is 80.5 cm³/mol. The number of hydrogen-bond donors (Lipinski definition) is 1. The molecule has 4 nitrogen and oxygen atoms in total. The Morgan fingerprint density at radius 2 is 2.26 bits per heavy atom. The fraction of sp³-hybridized carbons (Fsp3) is 0.643. The van der Waals surface area contributed by atoms with Crippen LogP contribution in [0.15, 0.2) is 16.7 Å². The van der Waals surface area contributed by atoms with Gasteiger partial charge in [-0.05, 0) is 68.8 Å². The van der Waals surface area contributed by atoms with E-state index < -0.39 is 0 Å². The molecule has 0 saturated heterocycles. The maximum Gasteiger partial charge on any atom is 0.268 e. The third-order valence-electron chi connectivity index (χ3n) is 3.37. The van der Waals surface area contributed by atoms with Gasteiger partial charge in [-0.15, -0.1) is 0 Å². The lowest BCUT2D eigenvalue weighted by Gasteiger charge is -2.17. The molecule has 2 rings (SSSR count). The minimum atomic E-state index is 0.0313. The molecule has 1 unspecified atom stereocenters. The number of hydrogen-bond acceptors (Lipinski definition) is 2. The van der Waals surface area contributed by atoms with Gasteiger partial charge in [0.05, 0.1) is 0 Å². The third-order valence-corrected chi connectivity index (χ3v) is 3.81. The van der Waals surface area contributed by atoms with E-state index in [0.29, 0.717) is 6.04 Å². The molecule has 5 heteroatoms. The molecule has 1 fully saturated rings. The predicted octanol–water partition coefficient (Wildman–Crippen LogP) is 2.66. The second-order valence-corrected chi connectivity index (χ2v) is 6.56. The van der Waals surface area contributed by atoms with Gasteiger partial charge in [0.1, 0.15) is 5.69 Å². The highest BCUT2D eigenvalue weighted by Crippen LogP contribution is 2.37. The van der Waals surface area contributed by atoms with E-state index in [0.717, 1.165) is 23.1 Å². The van der Waals surface area contributed by atoms with Crippen LogP contribution in [0.5, 0.6) is 0 Å². The van der Waals surface area contributed by atoms with Crippen LogP contribution in [-0.4, -0.2) is 42.1 Å². The Hall–Kier alpha value is -0.810. The summed E-state index contributed by atoms with van der Waals surface area (Å²) in [6.45, 7) is 3.04. The number of carbonyl (C=O) groups excluding carboxylic acids is 1. The van der Waals surface area contributed by atoms with E-state index in [9.17, 15) is 4.79 Å². The van der Waals surface area contributed by atoms with Crippen molar-refractivity contribution in [1.29, 1.82) is 0 Å². The fourth-order valence-electron chi connectivity index (χ4n) is 2.10. The Morgan fingerprint density at radius 3 is 2.84 bits per heavy atom. The SMILES string of the molecule is CC(CCN(C)C)NC(=O)c1cc(Br)cn1C1CC1. The van der Waals surface area contributed by atoms with Crippen LogP contribution in [-0.2, 0) is 0 Å². The molecule has 0 spiro atoms. The Bertz CT molecular complexity index is 452. The second kappa shape index (κ2) is 6.09. The van der Waals surface area contributed by atoms with E-state index in [1.165, 1.54) is 12.8 Å². The van der Waals surface area contributed by atoms with Gasteiger partial charge in [-0.2, -0.15) is 0 Å². The Balaban J connectivity index is 1.95. The van der Waals surface area contributed by atoms with Crippen molar-refractivity contribution in [3.8, 4) is 0 Å². The van der Waals surface area contributed by atoms with E-state index in [2.05, 4.69) is 37.6 Å². The lowest BCUT2D eigenvalue weighted by atomic mass is 10.2. The van der Waals surface area contributed by atoms with Crippen LogP contribution < -0.4 is 5.32 Å². The highest BCUT2D eigenvalue weighted by molar-refractivity contribution is 9.10. The van der Waals surface area contributed by atoms with Crippen LogP contribution in [0.25, 0.3) is 0 Å². The first-order valence-electron chi connectivity index (χ1n) is 6.80. The lowest BCUT2D eigenvalue weighted by Crippen LogP contribution is -2.35. The molecule has 0 aliphatic heterocycles. The molecular formula is C14H22BrN3O. The molecule has 1 N–H and O–H groups in total. The average molecular weight is 328 g/mol. The molecule has 19 heavy (non-hydrogen) atoms. The minimum Gasteiger partial charge on any atom is -0.348 e. The van der Waals surface area contributed by atoms with Gasteiger partial charge in [0.2, 0.25) is 0 Å². The Morgan fingerprint density at radius 1 is 1.58 bits per heavy atom. The highest BCUT2D eigenvalue weighted by atomic mass is 79.9. The van der Waals surface area contributed by atoms with E-state index in [-0.39, 0.29) is 11.9 Å². The van der Waals surface area contributed by atoms with Crippen molar-refractivity contribution in [1.82, 2.24) is 14.8 Å². The monoisotopic (exact) mass is 327 g/mol. The van der Waals surface area contributed by atoms with E-state index in [1.54, 1.807) is 0 Å². The van der Waals surface area contributed by atoms with Crippen LogP contribution in [0, 0.1) is 0 Å². The maximum atomic E-state index is 12.3. The molecule has 1 saturated carbocycles. The van der Waals surface area contributed by atoms with Crippen molar-refractivity contribution in [2.45, 2.75) is 38.3 Å². The molecule has 1 aromatic heterocycles. The van der Waals surface area contributed by atoms with Gasteiger partial charge in [-0.3, -0.25) is 4.79 Å². The van der Waals surface area contributed by atoms with Crippen LogP contribution >= 0.6 is 15.9 Å². The van der Waals surface area contributed by atoms with Crippen molar-refractivity contribution in [2.24, 2.45) is 0 Å². The van der Waals surface area contributed by atoms with Gasteiger partial charge >= 0.3 is 0 Å². The van der Waals surface area contributed by atoms with Gasteiger partial charge < -0.3 is 14.8 Å².